The van der Waals surface area contributed by atoms with Gasteiger partial charge in [0.2, 0.25) is 10.0 Å². The lowest BCUT2D eigenvalue weighted by molar-refractivity contribution is -0.0440. The molecule has 0 bridgehead atoms. The zero-order valence-corrected chi connectivity index (χ0v) is 22.7. The van der Waals surface area contributed by atoms with Crippen LogP contribution in [0.3, 0.4) is 0 Å². The Morgan fingerprint density at radius 2 is 1.78 bits per heavy atom. The van der Waals surface area contributed by atoms with Crippen molar-refractivity contribution in [1.29, 1.82) is 0 Å². The van der Waals surface area contributed by atoms with Crippen LogP contribution in [0.4, 0.5) is 11.5 Å². The van der Waals surface area contributed by atoms with Crippen molar-refractivity contribution in [1.82, 2.24) is 13.9 Å². The molecule has 1 aliphatic rings. The summed E-state index contributed by atoms with van der Waals surface area (Å²) in [5.41, 5.74) is 4.85. The molecule has 11 nitrogen and oxygen atoms in total. The summed E-state index contributed by atoms with van der Waals surface area (Å²) in [4.78, 5) is 42.5. The second-order valence-electron chi connectivity index (χ2n) is 9.42. The lowest BCUT2D eigenvalue weighted by Gasteiger charge is -2.34. The number of unbranched alkanes of at least 4 members (excludes halogenated alkanes) is 2. The number of hydrogen-bond acceptors (Lipinski definition) is 7. The van der Waals surface area contributed by atoms with Gasteiger partial charge < -0.3 is 15.4 Å². The number of sulfonamides is 1. The smallest absolute Gasteiger partial charge is 0.330 e. The average molecular weight is 536 g/mol. The van der Waals surface area contributed by atoms with Crippen molar-refractivity contribution >= 4 is 27.4 Å². The van der Waals surface area contributed by atoms with Crippen LogP contribution < -0.4 is 21.9 Å². The molecule has 1 amide bonds. The van der Waals surface area contributed by atoms with E-state index in [0.717, 1.165) is 12.8 Å². The van der Waals surface area contributed by atoms with Gasteiger partial charge in [0.15, 0.2) is 5.69 Å². The van der Waals surface area contributed by atoms with E-state index in [1.807, 2.05) is 27.7 Å². The molecule has 1 aromatic heterocycles. The van der Waals surface area contributed by atoms with Crippen LogP contribution in [0, 0.1) is 0 Å². The fraction of sp³-hybridized carbons (Fsp3) is 0.560. The largest absolute Gasteiger partial charge is 0.383 e. The van der Waals surface area contributed by atoms with E-state index < -0.39 is 27.2 Å². The van der Waals surface area contributed by atoms with Crippen molar-refractivity contribution in [2.45, 2.75) is 77.0 Å². The van der Waals surface area contributed by atoms with Gasteiger partial charge in [0.1, 0.15) is 5.82 Å². The van der Waals surface area contributed by atoms with Gasteiger partial charge in [-0.15, -0.1) is 0 Å². The van der Waals surface area contributed by atoms with E-state index in [-0.39, 0.29) is 53.8 Å². The minimum absolute atomic E-state index is 0.0233. The molecule has 37 heavy (non-hydrogen) atoms. The van der Waals surface area contributed by atoms with E-state index in [1.54, 1.807) is 0 Å². The van der Waals surface area contributed by atoms with Gasteiger partial charge in [-0.25, -0.2) is 13.2 Å². The van der Waals surface area contributed by atoms with E-state index in [0.29, 0.717) is 19.4 Å². The van der Waals surface area contributed by atoms with Crippen molar-refractivity contribution in [3.05, 3.63) is 50.7 Å². The maximum atomic E-state index is 13.7. The van der Waals surface area contributed by atoms with Crippen LogP contribution in [-0.2, 0) is 21.3 Å². The van der Waals surface area contributed by atoms with E-state index in [4.69, 9.17) is 10.5 Å². The van der Waals surface area contributed by atoms with E-state index in [9.17, 15) is 22.8 Å². The molecule has 1 aromatic carbocycles. The number of nitrogens with zero attached hydrogens (tertiary/aromatic N) is 3. The molecule has 0 radical (unpaired) electrons. The number of aromatic amines is 1. The van der Waals surface area contributed by atoms with Crippen molar-refractivity contribution in [3.8, 4) is 0 Å². The number of nitrogen functional groups attached to an aromatic ring is 1. The standard InChI is InChI=1S/C25H37N5O6S/c1-5-7-12-29(21-22(26)30(13-8-6-2)25(33)27-23(21)31)24(32)19-10-9-11-20(14-19)37(34,35)28-15-17(3)36-18(4)16-28/h9-11,14,17-18H,5-8,12-13,15-16,26H2,1-4H3,(H,27,31,33)/t17-,18-/m1/s1. The lowest BCUT2D eigenvalue weighted by atomic mass is 10.1. The Kier molecular flexibility index (Phi) is 9.32. The van der Waals surface area contributed by atoms with Gasteiger partial charge in [-0.3, -0.25) is 19.1 Å². The van der Waals surface area contributed by atoms with Crippen LogP contribution in [0.25, 0.3) is 0 Å². The zero-order valence-electron chi connectivity index (χ0n) is 21.9. The molecular formula is C25H37N5O6S. The van der Waals surface area contributed by atoms with E-state index in [1.165, 1.54) is 38.0 Å². The van der Waals surface area contributed by atoms with Crippen molar-refractivity contribution in [2.24, 2.45) is 0 Å². The Balaban J connectivity index is 2.04. The maximum absolute atomic E-state index is 13.7. The predicted octanol–water partition coefficient (Wildman–Crippen LogP) is 2.16. The lowest BCUT2D eigenvalue weighted by Crippen LogP contribution is -2.48. The number of aromatic nitrogens is 2. The van der Waals surface area contributed by atoms with Gasteiger partial charge in [-0.05, 0) is 44.9 Å². The first-order valence-electron chi connectivity index (χ1n) is 12.7. The number of benzene rings is 1. The van der Waals surface area contributed by atoms with Crippen molar-refractivity contribution < 1.29 is 17.9 Å². The van der Waals surface area contributed by atoms with Crippen LogP contribution in [0.1, 0.15) is 63.7 Å². The Labute approximate surface area is 217 Å². The molecule has 1 fully saturated rings. The van der Waals surface area contributed by atoms with Crippen LogP contribution in [0.15, 0.2) is 38.8 Å². The highest BCUT2D eigenvalue weighted by molar-refractivity contribution is 7.89. The summed E-state index contributed by atoms with van der Waals surface area (Å²) in [6.45, 7) is 8.41. The zero-order chi connectivity index (χ0) is 27.3. The third kappa shape index (κ3) is 6.31. The van der Waals surface area contributed by atoms with Crippen LogP contribution in [-0.4, -0.2) is 60.0 Å². The minimum atomic E-state index is -3.89. The Morgan fingerprint density at radius 3 is 2.41 bits per heavy atom. The number of H-pyrrole nitrogens is 1. The van der Waals surface area contributed by atoms with E-state index >= 15 is 0 Å². The molecule has 12 heteroatoms. The molecule has 2 atom stereocenters. The summed E-state index contributed by atoms with van der Waals surface area (Å²) in [5.74, 6) is -0.668. The number of amides is 1. The fourth-order valence-corrected chi connectivity index (χ4v) is 6.07. The molecule has 3 rings (SSSR count). The Bertz CT molecular complexity index is 1330. The first kappa shape index (κ1) is 28.6. The second-order valence-corrected chi connectivity index (χ2v) is 11.4. The van der Waals surface area contributed by atoms with Crippen LogP contribution in [0.2, 0.25) is 0 Å². The normalized spacial score (nSPS) is 18.6. The summed E-state index contributed by atoms with van der Waals surface area (Å²) in [6.07, 6.45) is 2.26. The van der Waals surface area contributed by atoms with Crippen LogP contribution >= 0.6 is 0 Å². The molecule has 1 aliphatic heterocycles. The highest BCUT2D eigenvalue weighted by Crippen LogP contribution is 2.25. The molecule has 2 aromatic rings. The number of anilines is 2. The van der Waals surface area contributed by atoms with Gasteiger partial charge in [0.25, 0.3) is 11.5 Å². The van der Waals surface area contributed by atoms with Gasteiger partial charge in [0.05, 0.1) is 17.1 Å². The fourth-order valence-electron chi connectivity index (χ4n) is 4.43. The van der Waals surface area contributed by atoms with Gasteiger partial charge >= 0.3 is 5.69 Å². The molecule has 1 saturated heterocycles. The number of morpholine rings is 1. The number of ether oxygens (including phenoxy) is 1. The second kappa shape index (κ2) is 12.1. The summed E-state index contributed by atoms with van der Waals surface area (Å²) < 4.78 is 35.0. The third-order valence-corrected chi connectivity index (χ3v) is 8.13. The highest BCUT2D eigenvalue weighted by Gasteiger charge is 2.33. The van der Waals surface area contributed by atoms with Crippen molar-refractivity contribution in [3.63, 3.8) is 0 Å². The molecule has 0 spiro atoms. The first-order valence-corrected chi connectivity index (χ1v) is 14.1. The molecule has 3 N–H and O–H groups in total. The topological polar surface area (TPSA) is 148 Å². The van der Waals surface area contributed by atoms with Gasteiger partial charge in [-0.1, -0.05) is 32.8 Å². The molecule has 204 valence electrons. The monoisotopic (exact) mass is 535 g/mol. The minimum Gasteiger partial charge on any atom is -0.383 e. The van der Waals surface area contributed by atoms with Crippen LogP contribution in [0.5, 0.6) is 0 Å². The SMILES string of the molecule is CCCCN(C(=O)c1cccc(S(=O)(=O)N2C[C@@H](C)O[C@H](C)C2)c1)c1c(N)n(CCCC)c(=O)[nH]c1=O. The summed E-state index contributed by atoms with van der Waals surface area (Å²) in [5, 5.41) is 0. The molecule has 0 saturated carbocycles. The number of carbonyl (C=O) groups is 1. The van der Waals surface area contributed by atoms with E-state index in [2.05, 4.69) is 4.98 Å². The number of hydrogen-bond donors (Lipinski definition) is 2. The Morgan fingerprint density at radius 1 is 1.14 bits per heavy atom. The number of carbonyl (C=O) groups excluding carboxylic acids is 1. The third-order valence-electron chi connectivity index (χ3n) is 6.30. The molecule has 0 unspecified atom stereocenters. The summed E-state index contributed by atoms with van der Waals surface area (Å²) >= 11 is 0. The van der Waals surface area contributed by atoms with Gasteiger partial charge in [0, 0.05) is 31.7 Å². The van der Waals surface area contributed by atoms with Crippen molar-refractivity contribution in [2.75, 3.05) is 30.3 Å². The maximum Gasteiger partial charge on any atom is 0.330 e. The molecule has 2 heterocycles. The highest BCUT2D eigenvalue weighted by atomic mass is 32.2. The summed E-state index contributed by atoms with van der Waals surface area (Å²) in [6, 6.07) is 5.77. The first-order chi connectivity index (χ1) is 17.5. The quantitative estimate of drug-likeness (QED) is 0.474. The van der Waals surface area contributed by atoms with Gasteiger partial charge in [-0.2, -0.15) is 4.31 Å². The Hall–Kier alpha value is -2.96. The number of rotatable bonds is 10. The summed E-state index contributed by atoms with van der Waals surface area (Å²) in [7, 11) is -3.89. The molecular weight excluding hydrogens is 498 g/mol. The number of nitrogens with two attached hydrogens (primary N) is 1. The predicted molar refractivity (Wildman–Crippen MR) is 142 cm³/mol. The molecule has 0 aliphatic carbocycles. The average Bonchev–Trinajstić information content (AvgIpc) is 2.84. The number of nitrogens with one attached hydrogen (secondary N) is 1.